The Balaban J connectivity index is 2.22. The van der Waals surface area contributed by atoms with E-state index in [2.05, 4.69) is 10.1 Å². The van der Waals surface area contributed by atoms with E-state index in [1.54, 1.807) is 19.9 Å². The van der Waals surface area contributed by atoms with Crippen molar-refractivity contribution in [3.05, 3.63) is 47.1 Å². The minimum Gasteiger partial charge on any atom is -0.359 e. The quantitative estimate of drug-likeness (QED) is 0.688. The van der Waals surface area contributed by atoms with Crippen molar-refractivity contribution >= 4 is 22.6 Å². The van der Waals surface area contributed by atoms with Crippen LogP contribution >= 0.6 is 11.6 Å². The Morgan fingerprint density at radius 3 is 2.76 bits per heavy atom. The molecule has 0 amide bonds. The summed E-state index contributed by atoms with van der Waals surface area (Å²) >= 11 is 6.10. The number of aromatic nitrogens is 3. The molecule has 3 aromatic rings. The highest BCUT2D eigenvalue weighted by Gasteiger charge is 2.21. The molecule has 2 heterocycles. The predicted octanol–water partition coefficient (Wildman–Crippen LogP) is 3.96. The molecule has 0 fully saturated rings. The van der Waals surface area contributed by atoms with Gasteiger partial charge in [-0.15, -0.1) is 11.6 Å². The van der Waals surface area contributed by atoms with Crippen LogP contribution in [0.5, 0.6) is 0 Å². The Morgan fingerprint density at radius 1 is 1.38 bits per heavy atom. The molecule has 1 atom stereocenters. The number of benzene rings is 1. The minimum atomic E-state index is -0.945. The second-order valence-electron chi connectivity index (χ2n) is 4.84. The molecule has 0 aliphatic carbocycles. The highest BCUT2D eigenvalue weighted by atomic mass is 35.5. The summed E-state index contributed by atoms with van der Waals surface area (Å²) in [6, 6.07) is 4.21. The van der Waals surface area contributed by atoms with Crippen molar-refractivity contribution < 1.29 is 13.3 Å². The van der Waals surface area contributed by atoms with E-state index in [0.29, 0.717) is 22.8 Å². The molecule has 0 saturated carbocycles. The van der Waals surface area contributed by atoms with Crippen molar-refractivity contribution in [1.82, 2.24) is 14.7 Å². The van der Waals surface area contributed by atoms with E-state index in [1.165, 1.54) is 10.6 Å². The van der Waals surface area contributed by atoms with Crippen LogP contribution in [0.3, 0.4) is 0 Å². The Labute approximate surface area is 124 Å². The van der Waals surface area contributed by atoms with Gasteiger partial charge in [0, 0.05) is 6.07 Å². The lowest BCUT2D eigenvalue weighted by atomic mass is 10.3. The summed E-state index contributed by atoms with van der Waals surface area (Å²) in [4.78, 5) is 4.28. The maximum absolute atomic E-state index is 14.1. The van der Waals surface area contributed by atoms with Crippen molar-refractivity contribution in [2.45, 2.75) is 25.8 Å². The summed E-state index contributed by atoms with van der Waals surface area (Å²) in [5.41, 5.74) is 1.14. The Hall–Kier alpha value is -1.95. The number of rotatable bonds is 3. The number of hydrogen-bond acceptors (Lipinski definition) is 3. The molecule has 0 aliphatic rings. The molecule has 0 bridgehead atoms. The van der Waals surface area contributed by atoms with Gasteiger partial charge >= 0.3 is 0 Å². The Bertz CT molecular complexity index is 810. The molecule has 3 rings (SSSR count). The van der Waals surface area contributed by atoms with Gasteiger partial charge in [0.2, 0.25) is 0 Å². The topological polar surface area (TPSA) is 43.9 Å². The van der Waals surface area contributed by atoms with Crippen LogP contribution in [0.15, 0.2) is 22.7 Å². The van der Waals surface area contributed by atoms with Crippen LogP contribution in [0.2, 0.25) is 0 Å². The lowest BCUT2D eigenvalue weighted by Gasteiger charge is -2.08. The zero-order valence-electron chi connectivity index (χ0n) is 11.4. The molecule has 0 saturated heterocycles. The summed E-state index contributed by atoms with van der Waals surface area (Å²) in [7, 11) is 0. The monoisotopic (exact) mass is 311 g/mol. The first-order valence-electron chi connectivity index (χ1n) is 6.37. The fourth-order valence-electron chi connectivity index (χ4n) is 2.29. The van der Waals surface area contributed by atoms with Crippen LogP contribution in [-0.4, -0.2) is 14.7 Å². The standard InChI is InChI=1S/C14H12ClF2N3O/c1-7-5-9(21-19-7)6-20-13-11(18-14(20)8(2)15)4-3-10(16)12(13)17/h3-5,8H,6H2,1-2H3. The largest absolute Gasteiger partial charge is 0.359 e. The second-order valence-corrected chi connectivity index (χ2v) is 5.49. The number of fused-ring (bicyclic) bond motifs is 1. The van der Waals surface area contributed by atoms with Crippen molar-refractivity contribution in [2.24, 2.45) is 0 Å². The van der Waals surface area contributed by atoms with E-state index in [-0.39, 0.29) is 12.1 Å². The van der Waals surface area contributed by atoms with Gasteiger partial charge in [-0.05, 0) is 26.0 Å². The van der Waals surface area contributed by atoms with Gasteiger partial charge in [-0.2, -0.15) is 0 Å². The predicted molar refractivity (Wildman–Crippen MR) is 74.3 cm³/mol. The van der Waals surface area contributed by atoms with Gasteiger partial charge in [-0.1, -0.05) is 5.16 Å². The molecule has 0 spiro atoms. The molecule has 1 unspecified atom stereocenters. The first kappa shape index (κ1) is 14.0. The summed E-state index contributed by atoms with van der Waals surface area (Å²) in [5.74, 6) is -0.898. The van der Waals surface area contributed by atoms with E-state index in [1.807, 2.05) is 0 Å². The minimum absolute atomic E-state index is 0.0755. The summed E-state index contributed by atoms with van der Waals surface area (Å²) < 4.78 is 34.3. The van der Waals surface area contributed by atoms with Gasteiger partial charge in [0.15, 0.2) is 17.4 Å². The van der Waals surface area contributed by atoms with Gasteiger partial charge in [0.05, 0.1) is 23.1 Å². The number of imidazole rings is 1. The Kier molecular flexibility index (Phi) is 3.41. The summed E-state index contributed by atoms with van der Waals surface area (Å²) in [5, 5.41) is 3.33. The third-order valence-electron chi connectivity index (χ3n) is 3.18. The van der Waals surface area contributed by atoms with Gasteiger partial charge in [-0.3, -0.25) is 0 Å². The molecule has 110 valence electrons. The average Bonchev–Trinajstić information content (AvgIpc) is 2.99. The maximum atomic E-state index is 14.1. The third-order valence-corrected chi connectivity index (χ3v) is 3.37. The zero-order valence-corrected chi connectivity index (χ0v) is 12.2. The van der Waals surface area contributed by atoms with E-state index < -0.39 is 17.0 Å². The lowest BCUT2D eigenvalue weighted by molar-refractivity contribution is 0.372. The third kappa shape index (κ3) is 2.40. The highest BCUT2D eigenvalue weighted by Crippen LogP contribution is 2.28. The zero-order chi connectivity index (χ0) is 15.1. The molecular weight excluding hydrogens is 300 g/mol. The number of alkyl halides is 1. The number of hydrogen-bond donors (Lipinski definition) is 0. The van der Waals surface area contributed by atoms with Crippen LogP contribution in [0, 0.1) is 18.6 Å². The fraction of sp³-hybridized carbons (Fsp3) is 0.286. The molecule has 21 heavy (non-hydrogen) atoms. The fourth-order valence-corrected chi connectivity index (χ4v) is 2.45. The van der Waals surface area contributed by atoms with E-state index in [4.69, 9.17) is 16.1 Å². The first-order chi connectivity index (χ1) is 9.97. The van der Waals surface area contributed by atoms with E-state index in [0.717, 1.165) is 6.07 Å². The molecule has 0 N–H and O–H groups in total. The van der Waals surface area contributed by atoms with Gasteiger partial charge in [0.1, 0.15) is 11.3 Å². The molecule has 7 heteroatoms. The van der Waals surface area contributed by atoms with Gasteiger partial charge in [-0.25, -0.2) is 13.8 Å². The van der Waals surface area contributed by atoms with Gasteiger partial charge in [0.25, 0.3) is 0 Å². The van der Waals surface area contributed by atoms with Gasteiger partial charge < -0.3 is 9.09 Å². The molecule has 1 aromatic carbocycles. The number of halogens is 3. The van der Waals surface area contributed by atoms with Crippen LogP contribution in [0.4, 0.5) is 8.78 Å². The number of nitrogens with zero attached hydrogens (tertiary/aromatic N) is 3. The van der Waals surface area contributed by atoms with Crippen LogP contribution < -0.4 is 0 Å². The van der Waals surface area contributed by atoms with Crippen LogP contribution in [0.25, 0.3) is 11.0 Å². The SMILES string of the molecule is Cc1cc(Cn2c(C(C)Cl)nc3ccc(F)c(F)c32)on1. The number of aryl methyl sites for hydroxylation is 1. The lowest BCUT2D eigenvalue weighted by Crippen LogP contribution is -2.06. The van der Waals surface area contributed by atoms with Crippen molar-refractivity contribution in [3.63, 3.8) is 0 Å². The summed E-state index contributed by atoms with van der Waals surface area (Å²) in [6.07, 6.45) is 0. The molecule has 4 nitrogen and oxygen atoms in total. The maximum Gasteiger partial charge on any atom is 0.184 e. The summed E-state index contributed by atoms with van der Waals surface area (Å²) in [6.45, 7) is 3.69. The molecule has 0 aliphatic heterocycles. The van der Waals surface area contributed by atoms with Crippen LogP contribution in [0.1, 0.15) is 29.6 Å². The van der Waals surface area contributed by atoms with Crippen molar-refractivity contribution in [3.8, 4) is 0 Å². The van der Waals surface area contributed by atoms with Crippen LogP contribution in [-0.2, 0) is 6.54 Å². The normalized spacial score (nSPS) is 13.0. The smallest absolute Gasteiger partial charge is 0.184 e. The van der Waals surface area contributed by atoms with E-state index in [9.17, 15) is 8.78 Å². The van der Waals surface area contributed by atoms with E-state index >= 15 is 0 Å². The molecule has 0 radical (unpaired) electrons. The van der Waals surface area contributed by atoms with Crippen molar-refractivity contribution in [2.75, 3.05) is 0 Å². The second kappa shape index (κ2) is 5.11. The highest BCUT2D eigenvalue weighted by molar-refractivity contribution is 6.20. The Morgan fingerprint density at radius 2 is 2.14 bits per heavy atom. The molecule has 2 aromatic heterocycles. The average molecular weight is 312 g/mol. The molecular formula is C14H12ClF2N3O. The first-order valence-corrected chi connectivity index (χ1v) is 6.81. The van der Waals surface area contributed by atoms with Crippen molar-refractivity contribution in [1.29, 1.82) is 0 Å².